The Balaban J connectivity index is 1.14. The Kier molecular flexibility index (Phi) is 13.0. The number of aryl methyl sites for hydroxylation is 1. The molecular formula is C47H63N9O7S. The molecule has 17 heteroatoms. The molecule has 3 amide bonds. The van der Waals surface area contributed by atoms with Gasteiger partial charge in [0.15, 0.2) is 0 Å². The Morgan fingerprint density at radius 2 is 1.97 bits per heavy atom. The van der Waals surface area contributed by atoms with Crippen LogP contribution in [0.5, 0.6) is 0 Å². The largest absolute Gasteiger partial charge is 0.464 e. The van der Waals surface area contributed by atoms with Crippen molar-refractivity contribution in [2.45, 2.75) is 96.6 Å². The first kappa shape index (κ1) is 44.5. The molecule has 0 aliphatic carbocycles. The lowest BCUT2D eigenvalue weighted by Crippen LogP contribution is -2.63. The van der Waals surface area contributed by atoms with Gasteiger partial charge in [0.25, 0.3) is 5.91 Å². The first-order valence-corrected chi connectivity index (χ1v) is 23.8. The molecule has 16 nitrogen and oxygen atoms in total. The summed E-state index contributed by atoms with van der Waals surface area (Å²) in [4.78, 5) is 58.9. The highest BCUT2D eigenvalue weighted by atomic mass is 32.1. The van der Waals surface area contributed by atoms with Gasteiger partial charge in [0, 0.05) is 99.3 Å². The number of nitrogens with zero attached hydrogens (tertiary/aromatic N) is 7. The second-order valence-electron chi connectivity index (χ2n) is 18.7. The zero-order valence-corrected chi connectivity index (χ0v) is 38.9. The van der Waals surface area contributed by atoms with E-state index in [1.807, 2.05) is 18.5 Å². The number of piperazine rings is 1. The van der Waals surface area contributed by atoms with Gasteiger partial charge >= 0.3 is 12.0 Å². The maximum Gasteiger partial charge on any atom is 0.324 e. The van der Waals surface area contributed by atoms with Crippen LogP contribution in [0.25, 0.3) is 33.4 Å². The minimum atomic E-state index is -0.918. The van der Waals surface area contributed by atoms with E-state index in [1.54, 1.807) is 19.1 Å². The van der Waals surface area contributed by atoms with E-state index in [9.17, 15) is 14.4 Å². The fourth-order valence-electron chi connectivity index (χ4n) is 10.1. The molecular weight excluding hydrogens is 835 g/mol. The SMILES string of the molecule is CCn1c(-c2cc(N3CCN4CCOC[C@@H]4C3)cnc2[C@H](C)OC)c2c3cc(ccc31)-c1csc(n1)C[C@H](NC(=O)N1CC[C@H]1COC)C(=O)N1CCC[C@H](N1)C(=O)OCC(C)(C)C2. The summed E-state index contributed by atoms with van der Waals surface area (Å²) in [5, 5.41) is 8.35. The van der Waals surface area contributed by atoms with E-state index in [1.165, 1.54) is 16.3 Å². The average Bonchev–Trinajstić information content (AvgIpc) is 3.89. The number of methoxy groups -OCH3 is 2. The number of anilines is 1. The van der Waals surface area contributed by atoms with Crippen LogP contribution >= 0.6 is 11.3 Å². The number of urea groups is 1. The molecule has 0 unspecified atom stereocenters. The van der Waals surface area contributed by atoms with E-state index >= 15 is 0 Å². The van der Waals surface area contributed by atoms with Crippen LogP contribution in [0.3, 0.4) is 0 Å². The molecule has 6 bridgehead atoms. The summed E-state index contributed by atoms with van der Waals surface area (Å²) in [6.07, 6.45) is 4.47. The molecule has 0 spiro atoms. The third-order valence-corrected chi connectivity index (χ3v) is 14.6. The third kappa shape index (κ3) is 8.86. The number of carbonyl (C=O) groups is 3. The topological polar surface area (TPSA) is 156 Å². The first-order valence-electron chi connectivity index (χ1n) is 22.9. The fraction of sp³-hybridized carbons (Fsp3) is 0.596. The molecule has 344 valence electrons. The van der Waals surface area contributed by atoms with Gasteiger partial charge in [-0.1, -0.05) is 19.9 Å². The number of aromatic nitrogens is 3. The summed E-state index contributed by atoms with van der Waals surface area (Å²) in [7, 11) is 3.35. The minimum Gasteiger partial charge on any atom is -0.464 e. The Morgan fingerprint density at radius 1 is 1.11 bits per heavy atom. The lowest BCUT2D eigenvalue weighted by molar-refractivity contribution is -0.155. The van der Waals surface area contributed by atoms with Crippen LogP contribution in [0.15, 0.2) is 35.8 Å². The summed E-state index contributed by atoms with van der Waals surface area (Å²) < 4.78 is 25.8. The summed E-state index contributed by atoms with van der Waals surface area (Å²) in [5.41, 5.74) is 10.7. The van der Waals surface area contributed by atoms with Gasteiger partial charge in [-0.3, -0.25) is 24.5 Å². The van der Waals surface area contributed by atoms with Crippen molar-refractivity contribution >= 4 is 45.8 Å². The number of hydrogen-bond donors (Lipinski definition) is 2. The van der Waals surface area contributed by atoms with Crippen molar-refractivity contribution in [1.29, 1.82) is 0 Å². The molecule has 4 fully saturated rings. The average molecular weight is 898 g/mol. The van der Waals surface area contributed by atoms with Gasteiger partial charge in [-0.25, -0.2) is 15.2 Å². The zero-order valence-electron chi connectivity index (χ0n) is 38.1. The third-order valence-electron chi connectivity index (χ3n) is 13.8. The summed E-state index contributed by atoms with van der Waals surface area (Å²) in [6.45, 7) is 16.0. The maximum atomic E-state index is 14.3. The van der Waals surface area contributed by atoms with Crippen LogP contribution in [-0.2, 0) is 47.9 Å². The quantitative estimate of drug-likeness (QED) is 0.228. The number of rotatable bonds is 8. The van der Waals surface area contributed by atoms with Crippen molar-refractivity contribution in [1.82, 2.24) is 40.1 Å². The summed E-state index contributed by atoms with van der Waals surface area (Å²) >= 11 is 1.47. The number of morpholine rings is 1. The van der Waals surface area contributed by atoms with Gasteiger partial charge < -0.3 is 38.6 Å². The number of benzene rings is 1. The minimum absolute atomic E-state index is 0.0479. The van der Waals surface area contributed by atoms with Gasteiger partial charge in [0.05, 0.1) is 78.6 Å². The van der Waals surface area contributed by atoms with E-state index in [2.05, 4.69) is 70.1 Å². The number of ether oxygens (including phenoxy) is 4. The second kappa shape index (κ2) is 18.7. The van der Waals surface area contributed by atoms with E-state index in [0.29, 0.717) is 51.5 Å². The molecule has 9 rings (SSSR count). The fourth-order valence-corrected chi connectivity index (χ4v) is 10.9. The van der Waals surface area contributed by atoms with E-state index in [0.717, 1.165) is 101 Å². The molecule has 3 aromatic heterocycles. The highest BCUT2D eigenvalue weighted by molar-refractivity contribution is 7.10. The Hall–Kier alpha value is -4.65. The van der Waals surface area contributed by atoms with Crippen molar-refractivity contribution in [3.8, 4) is 22.5 Å². The van der Waals surface area contributed by atoms with Crippen LogP contribution in [0.4, 0.5) is 10.5 Å². The standard InChI is InChI=1S/C47H63N9O7S/c1-7-54-40-11-10-30-19-34(40)36(43(54)35-20-32(23-48-42(35)29(2)61-6)53-16-15-52-17-18-62-26-33(52)24-53)22-47(3,4)28-63-45(58)37-9-8-13-56(51-37)44(57)38(21-41-49-39(30)27-64-41)50-46(59)55-14-12-31(55)25-60-5/h10-11,19-20,23,27,29,31,33,37-38,51H,7-9,12-18,21-22,24-26,28H2,1-6H3,(H,50,59)/t29-,31-,33-,37-,38-/m0/s1. The monoisotopic (exact) mass is 897 g/mol. The summed E-state index contributed by atoms with van der Waals surface area (Å²) in [6, 6.07) is 7.16. The summed E-state index contributed by atoms with van der Waals surface area (Å²) in [5.74, 6) is -0.728. The number of nitrogens with one attached hydrogen (secondary N) is 2. The molecule has 0 radical (unpaired) electrons. The highest BCUT2D eigenvalue weighted by Crippen LogP contribution is 2.43. The van der Waals surface area contributed by atoms with Crippen molar-refractivity contribution in [2.75, 3.05) is 84.8 Å². The Bertz CT molecular complexity index is 2370. The number of hydrogen-bond acceptors (Lipinski definition) is 13. The number of thiazole rings is 1. The van der Waals surface area contributed by atoms with Crippen LogP contribution in [0.1, 0.15) is 69.3 Å². The molecule has 1 aromatic carbocycles. The second-order valence-corrected chi connectivity index (χ2v) is 19.6. The molecule has 8 heterocycles. The van der Waals surface area contributed by atoms with Crippen LogP contribution in [-0.4, -0.2) is 151 Å². The zero-order chi connectivity index (χ0) is 44.7. The Morgan fingerprint density at radius 3 is 2.75 bits per heavy atom. The highest BCUT2D eigenvalue weighted by Gasteiger charge is 2.39. The molecule has 2 N–H and O–H groups in total. The van der Waals surface area contributed by atoms with Gasteiger partial charge in [-0.05, 0) is 63.3 Å². The molecule has 64 heavy (non-hydrogen) atoms. The molecule has 0 saturated carbocycles. The number of hydrazine groups is 1. The lowest BCUT2D eigenvalue weighted by atomic mass is 9.84. The first-order chi connectivity index (χ1) is 30.9. The van der Waals surface area contributed by atoms with Crippen molar-refractivity contribution in [2.24, 2.45) is 5.41 Å². The number of amides is 3. The van der Waals surface area contributed by atoms with Crippen molar-refractivity contribution in [3.05, 3.63) is 52.1 Å². The number of likely N-dealkylation sites (tertiary alicyclic amines) is 1. The van der Waals surface area contributed by atoms with Crippen LogP contribution < -0.4 is 15.6 Å². The van der Waals surface area contributed by atoms with Gasteiger partial charge in [0.1, 0.15) is 12.1 Å². The normalized spacial score (nSPS) is 24.8. The maximum absolute atomic E-state index is 14.3. The van der Waals surface area contributed by atoms with E-state index in [-0.39, 0.29) is 37.1 Å². The molecule has 5 aliphatic rings. The van der Waals surface area contributed by atoms with Gasteiger partial charge in [0.2, 0.25) is 0 Å². The lowest BCUT2D eigenvalue weighted by Gasteiger charge is -2.44. The number of cyclic esters (lactones) is 1. The number of pyridine rings is 1. The smallest absolute Gasteiger partial charge is 0.324 e. The van der Waals surface area contributed by atoms with E-state index < -0.39 is 23.5 Å². The van der Waals surface area contributed by atoms with Gasteiger partial charge in [-0.2, -0.15) is 0 Å². The Labute approximate surface area is 379 Å². The van der Waals surface area contributed by atoms with Crippen molar-refractivity contribution < 1.29 is 33.3 Å². The number of esters is 1. The van der Waals surface area contributed by atoms with Crippen LogP contribution in [0, 0.1) is 5.41 Å². The molecule has 4 saturated heterocycles. The molecule has 5 aliphatic heterocycles. The predicted molar refractivity (Wildman–Crippen MR) is 245 cm³/mol. The van der Waals surface area contributed by atoms with E-state index in [4.69, 9.17) is 28.9 Å². The number of fused-ring (bicyclic) bond motifs is 7. The predicted octanol–water partition coefficient (Wildman–Crippen LogP) is 5.04. The number of carbonyl (C=O) groups excluding carboxylic acids is 3. The molecule has 4 aromatic rings. The van der Waals surface area contributed by atoms with Crippen molar-refractivity contribution in [3.63, 3.8) is 0 Å². The van der Waals surface area contributed by atoms with Crippen LogP contribution in [0.2, 0.25) is 0 Å². The van der Waals surface area contributed by atoms with Gasteiger partial charge in [-0.15, -0.1) is 11.3 Å². The molecule has 5 atom stereocenters.